The molecule has 2 fully saturated rings. The number of rotatable bonds is 3. The molecule has 0 saturated carbocycles. The van der Waals surface area contributed by atoms with Crippen LogP contribution >= 0.6 is 0 Å². The van der Waals surface area contributed by atoms with Gasteiger partial charge in [0.05, 0.1) is 4.92 Å². The van der Waals surface area contributed by atoms with Gasteiger partial charge in [-0.1, -0.05) is 6.42 Å². The molecule has 1 aromatic heterocycles. The fourth-order valence-corrected chi connectivity index (χ4v) is 3.31. The second kappa shape index (κ2) is 5.24. The zero-order valence-electron chi connectivity index (χ0n) is 11.3. The molecular formula is C13H19N5O2. The smallest absolute Gasteiger partial charge is 0.311 e. The van der Waals surface area contributed by atoms with E-state index in [0.29, 0.717) is 17.7 Å². The fraction of sp³-hybridized carbons (Fsp3) is 0.615. The minimum absolute atomic E-state index is 0.00606. The van der Waals surface area contributed by atoms with E-state index in [-0.39, 0.29) is 11.7 Å². The Balaban J connectivity index is 1.80. The number of nitrogens with one attached hydrogen (secondary N) is 1. The Hall–Kier alpha value is -1.89. The molecule has 0 radical (unpaired) electrons. The molecule has 3 heterocycles. The number of hydrogen-bond donors (Lipinski definition) is 2. The summed E-state index contributed by atoms with van der Waals surface area (Å²) in [4.78, 5) is 17.2. The Morgan fingerprint density at radius 1 is 1.35 bits per heavy atom. The molecule has 7 nitrogen and oxygen atoms in total. The molecule has 0 aromatic carbocycles. The number of fused-ring (bicyclic) bond motifs is 1. The number of nitro groups is 1. The van der Waals surface area contributed by atoms with Crippen LogP contribution in [-0.4, -0.2) is 40.0 Å². The molecule has 108 valence electrons. The third kappa shape index (κ3) is 2.40. The number of nitrogen functional groups attached to an aromatic ring is 1. The van der Waals surface area contributed by atoms with E-state index < -0.39 is 4.92 Å². The van der Waals surface area contributed by atoms with Crippen molar-refractivity contribution in [2.24, 2.45) is 0 Å². The first-order valence-electron chi connectivity index (χ1n) is 7.06. The molecule has 0 aliphatic carbocycles. The van der Waals surface area contributed by atoms with E-state index >= 15 is 0 Å². The summed E-state index contributed by atoms with van der Waals surface area (Å²) in [5.74, 6) is 0.601. The molecule has 2 aliphatic heterocycles. The van der Waals surface area contributed by atoms with Gasteiger partial charge in [0.25, 0.3) is 0 Å². The van der Waals surface area contributed by atoms with Crippen molar-refractivity contribution in [2.45, 2.75) is 37.8 Å². The van der Waals surface area contributed by atoms with Gasteiger partial charge in [-0.15, -0.1) is 0 Å². The van der Waals surface area contributed by atoms with Crippen LogP contribution in [0.2, 0.25) is 0 Å². The van der Waals surface area contributed by atoms with Crippen LogP contribution < -0.4 is 11.1 Å². The Bertz CT molecular complexity index is 521. The van der Waals surface area contributed by atoms with Gasteiger partial charge in [0.2, 0.25) is 5.82 Å². The van der Waals surface area contributed by atoms with Crippen LogP contribution in [0.15, 0.2) is 12.1 Å². The molecule has 0 amide bonds. The van der Waals surface area contributed by atoms with Crippen LogP contribution in [0, 0.1) is 10.1 Å². The molecule has 2 saturated heterocycles. The zero-order valence-corrected chi connectivity index (χ0v) is 11.3. The highest BCUT2D eigenvalue weighted by molar-refractivity contribution is 5.59. The van der Waals surface area contributed by atoms with Gasteiger partial charge in [-0.25, -0.2) is 4.98 Å². The number of pyridine rings is 1. The summed E-state index contributed by atoms with van der Waals surface area (Å²) in [5, 5.41) is 14.3. The van der Waals surface area contributed by atoms with E-state index in [9.17, 15) is 10.1 Å². The molecule has 2 atom stereocenters. The molecule has 0 spiro atoms. The summed E-state index contributed by atoms with van der Waals surface area (Å²) in [5.41, 5.74) is 5.64. The molecule has 3 rings (SSSR count). The van der Waals surface area contributed by atoms with Crippen LogP contribution in [0.5, 0.6) is 0 Å². The van der Waals surface area contributed by atoms with E-state index in [1.807, 2.05) is 0 Å². The van der Waals surface area contributed by atoms with Gasteiger partial charge in [0, 0.05) is 24.7 Å². The largest absolute Gasteiger partial charge is 0.384 e. The fourth-order valence-electron chi connectivity index (χ4n) is 3.31. The lowest BCUT2D eigenvalue weighted by Gasteiger charge is -2.32. The van der Waals surface area contributed by atoms with Gasteiger partial charge in [-0.05, 0) is 31.9 Å². The first-order valence-corrected chi connectivity index (χ1v) is 7.06. The van der Waals surface area contributed by atoms with Crippen molar-refractivity contribution in [2.75, 3.05) is 24.1 Å². The molecule has 7 heteroatoms. The van der Waals surface area contributed by atoms with E-state index in [1.54, 1.807) is 0 Å². The van der Waals surface area contributed by atoms with Crippen molar-refractivity contribution in [3.05, 3.63) is 22.2 Å². The molecule has 3 N–H and O–H groups in total. The third-order valence-corrected chi connectivity index (χ3v) is 4.27. The minimum Gasteiger partial charge on any atom is -0.384 e. The Morgan fingerprint density at radius 3 is 3.00 bits per heavy atom. The highest BCUT2D eigenvalue weighted by Crippen LogP contribution is 2.31. The number of aromatic nitrogens is 1. The molecular weight excluding hydrogens is 258 g/mol. The summed E-state index contributed by atoms with van der Waals surface area (Å²) in [6.07, 6.45) is 4.62. The van der Waals surface area contributed by atoms with Crippen LogP contribution in [0.4, 0.5) is 17.3 Å². The Labute approximate surface area is 117 Å². The van der Waals surface area contributed by atoms with Crippen LogP contribution in [0.3, 0.4) is 0 Å². The lowest BCUT2D eigenvalue weighted by Crippen LogP contribution is -2.41. The monoisotopic (exact) mass is 277 g/mol. The lowest BCUT2D eigenvalue weighted by atomic mass is 9.99. The van der Waals surface area contributed by atoms with Gasteiger partial charge >= 0.3 is 5.69 Å². The van der Waals surface area contributed by atoms with E-state index in [1.165, 1.54) is 25.0 Å². The maximum Gasteiger partial charge on any atom is 0.311 e. The quantitative estimate of drug-likeness (QED) is 0.643. The van der Waals surface area contributed by atoms with E-state index in [0.717, 1.165) is 25.9 Å². The van der Waals surface area contributed by atoms with Gasteiger partial charge in [-0.3, -0.25) is 15.0 Å². The summed E-state index contributed by atoms with van der Waals surface area (Å²) in [6.45, 7) is 2.19. The Morgan fingerprint density at radius 2 is 2.20 bits per heavy atom. The van der Waals surface area contributed by atoms with Crippen molar-refractivity contribution in [1.82, 2.24) is 9.88 Å². The first-order chi connectivity index (χ1) is 9.65. The van der Waals surface area contributed by atoms with Crippen molar-refractivity contribution >= 4 is 17.3 Å². The van der Waals surface area contributed by atoms with Crippen molar-refractivity contribution in [1.29, 1.82) is 0 Å². The van der Waals surface area contributed by atoms with Crippen molar-refractivity contribution in [3.8, 4) is 0 Å². The average molecular weight is 277 g/mol. The molecule has 20 heavy (non-hydrogen) atoms. The predicted octanol–water partition coefficient (Wildman–Crippen LogP) is 1.61. The van der Waals surface area contributed by atoms with Gasteiger partial charge in [0.1, 0.15) is 5.82 Å². The second-order valence-corrected chi connectivity index (χ2v) is 5.50. The van der Waals surface area contributed by atoms with Gasteiger partial charge in [-0.2, -0.15) is 0 Å². The normalized spacial score (nSPS) is 26.2. The highest BCUT2D eigenvalue weighted by atomic mass is 16.6. The van der Waals surface area contributed by atoms with Crippen LogP contribution in [0.1, 0.15) is 25.7 Å². The first kappa shape index (κ1) is 13.1. The lowest BCUT2D eigenvalue weighted by molar-refractivity contribution is -0.384. The zero-order chi connectivity index (χ0) is 14.1. The number of hydrogen-bond acceptors (Lipinski definition) is 6. The number of piperidine rings is 1. The van der Waals surface area contributed by atoms with E-state index in [2.05, 4.69) is 15.2 Å². The summed E-state index contributed by atoms with van der Waals surface area (Å²) in [6, 6.07) is 3.57. The third-order valence-electron chi connectivity index (χ3n) is 4.27. The van der Waals surface area contributed by atoms with E-state index in [4.69, 9.17) is 5.73 Å². The van der Waals surface area contributed by atoms with Crippen molar-refractivity contribution < 1.29 is 4.92 Å². The highest BCUT2D eigenvalue weighted by Gasteiger charge is 2.36. The predicted molar refractivity (Wildman–Crippen MR) is 76.5 cm³/mol. The van der Waals surface area contributed by atoms with Gasteiger partial charge < -0.3 is 11.1 Å². The maximum atomic E-state index is 11.1. The Kier molecular flexibility index (Phi) is 3.43. The SMILES string of the molecule is Nc1ccc([N+](=O)[O-])c(NC2CCN3CCCCC23)n1. The second-order valence-electron chi connectivity index (χ2n) is 5.50. The molecule has 2 unspecified atom stereocenters. The van der Waals surface area contributed by atoms with Crippen LogP contribution in [0.25, 0.3) is 0 Å². The number of nitrogens with zero attached hydrogens (tertiary/aromatic N) is 3. The summed E-state index contributed by atoms with van der Waals surface area (Å²) < 4.78 is 0. The summed E-state index contributed by atoms with van der Waals surface area (Å²) >= 11 is 0. The summed E-state index contributed by atoms with van der Waals surface area (Å²) in [7, 11) is 0. The molecule has 2 aliphatic rings. The molecule has 0 bridgehead atoms. The van der Waals surface area contributed by atoms with Crippen molar-refractivity contribution in [3.63, 3.8) is 0 Å². The maximum absolute atomic E-state index is 11.1. The minimum atomic E-state index is -0.414. The number of anilines is 2. The number of nitrogens with two attached hydrogens (primary N) is 1. The average Bonchev–Trinajstić information content (AvgIpc) is 2.82. The topological polar surface area (TPSA) is 97.3 Å². The molecule has 1 aromatic rings. The van der Waals surface area contributed by atoms with Gasteiger partial charge in [0.15, 0.2) is 0 Å². The standard InChI is InChI=1S/C13H19N5O2/c14-12-5-4-11(18(19)20)13(16-12)15-9-6-8-17-7-2-1-3-10(9)17/h4-5,9-10H,1-3,6-8H2,(H3,14,15,16). The van der Waals surface area contributed by atoms with Crippen LogP contribution in [-0.2, 0) is 0 Å².